The first-order valence-corrected chi connectivity index (χ1v) is 12.1. The summed E-state index contributed by atoms with van der Waals surface area (Å²) in [5, 5.41) is 12.9. The van der Waals surface area contributed by atoms with Gasteiger partial charge < -0.3 is 24.3 Å². The van der Waals surface area contributed by atoms with Crippen molar-refractivity contribution in [2.24, 2.45) is 0 Å². The lowest BCUT2D eigenvalue weighted by molar-refractivity contribution is -0.144. The highest BCUT2D eigenvalue weighted by Crippen LogP contribution is 2.44. The van der Waals surface area contributed by atoms with E-state index >= 15 is 0 Å². The van der Waals surface area contributed by atoms with Gasteiger partial charge in [0.1, 0.15) is 30.6 Å². The molecule has 1 aliphatic carbocycles. The van der Waals surface area contributed by atoms with Crippen LogP contribution in [0.4, 0.5) is 4.79 Å². The molecule has 0 aliphatic heterocycles. The molecule has 0 radical (unpaired) electrons. The monoisotopic (exact) mass is 511 g/mol. The normalized spacial score (nSPS) is 12.8. The Morgan fingerprint density at radius 2 is 1.68 bits per heavy atom. The first kappa shape index (κ1) is 24.8. The van der Waals surface area contributed by atoms with Gasteiger partial charge in [0.05, 0.1) is 0 Å². The van der Waals surface area contributed by atoms with E-state index in [1.165, 1.54) is 24.3 Å². The van der Waals surface area contributed by atoms with Gasteiger partial charge in [-0.2, -0.15) is 0 Å². The highest BCUT2D eigenvalue weighted by atomic mass is 16.6. The molecule has 8 nitrogen and oxygen atoms in total. The number of hydrogen-bond donors (Lipinski definition) is 2. The molecule has 1 aromatic heterocycles. The summed E-state index contributed by atoms with van der Waals surface area (Å²) in [5.74, 6) is -0.926. The number of alkyl carbamates (subject to hydrolysis) is 1. The van der Waals surface area contributed by atoms with Crippen molar-refractivity contribution < 1.29 is 28.6 Å². The fraction of sp³-hybridized carbons (Fsp3) is 0.167. The molecule has 1 aliphatic rings. The van der Waals surface area contributed by atoms with E-state index in [1.54, 1.807) is 6.07 Å². The minimum atomic E-state index is -1.15. The van der Waals surface area contributed by atoms with E-state index in [0.29, 0.717) is 10.9 Å². The molecule has 192 valence electrons. The molecule has 1 atom stereocenters. The van der Waals surface area contributed by atoms with Crippen LogP contribution in [0.25, 0.3) is 22.1 Å². The molecule has 0 saturated heterocycles. The van der Waals surface area contributed by atoms with Crippen molar-refractivity contribution in [3.8, 4) is 16.9 Å². The molecule has 8 heteroatoms. The fourth-order valence-electron chi connectivity index (χ4n) is 4.82. The zero-order valence-electron chi connectivity index (χ0n) is 20.4. The SMILES string of the molecule is C=CCOC(=O)[C@H](Cc1cc(=O)oc2cc(O)ccc12)NC(=O)OCC1c2ccccc2-c2ccccc21. The molecule has 38 heavy (non-hydrogen) atoms. The third-order valence-electron chi connectivity index (χ3n) is 6.50. The van der Waals surface area contributed by atoms with E-state index in [9.17, 15) is 19.5 Å². The maximum Gasteiger partial charge on any atom is 0.407 e. The van der Waals surface area contributed by atoms with E-state index in [4.69, 9.17) is 13.9 Å². The molecule has 5 rings (SSSR count). The second kappa shape index (κ2) is 10.6. The first-order chi connectivity index (χ1) is 18.4. The minimum Gasteiger partial charge on any atom is -0.508 e. The van der Waals surface area contributed by atoms with Crippen molar-refractivity contribution in [1.29, 1.82) is 0 Å². The van der Waals surface area contributed by atoms with Crippen molar-refractivity contribution in [3.63, 3.8) is 0 Å². The van der Waals surface area contributed by atoms with Gasteiger partial charge in [0, 0.05) is 29.9 Å². The quantitative estimate of drug-likeness (QED) is 0.201. The zero-order valence-corrected chi connectivity index (χ0v) is 20.4. The van der Waals surface area contributed by atoms with Gasteiger partial charge in [-0.3, -0.25) is 0 Å². The van der Waals surface area contributed by atoms with E-state index < -0.39 is 23.7 Å². The smallest absolute Gasteiger partial charge is 0.407 e. The van der Waals surface area contributed by atoms with Crippen LogP contribution < -0.4 is 10.9 Å². The van der Waals surface area contributed by atoms with Crippen LogP contribution in [0.15, 0.2) is 94.7 Å². The van der Waals surface area contributed by atoms with Gasteiger partial charge in [-0.05, 0) is 39.9 Å². The number of amides is 1. The van der Waals surface area contributed by atoms with Gasteiger partial charge in [-0.15, -0.1) is 0 Å². The van der Waals surface area contributed by atoms with Gasteiger partial charge in [0.25, 0.3) is 0 Å². The number of fused-ring (bicyclic) bond motifs is 4. The van der Waals surface area contributed by atoms with Crippen molar-refractivity contribution in [3.05, 3.63) is 113 Å². The maximum atomic E-state index is 12.9. The number of ether oxygens (including phenoxy) is 2. The fourth-order valence-corrected chi connectivity index (χ4v) is 4.82. The number of carbonyl (C=O) groups is 2. The van der Waals surface area contributed by atoms with E-state index in [2.05, 4.69) is 11.9 Å². The van der Waals surface area contributed by atoms with Gasteiger partial charge in [-0.25, -0.2) is 14.4 Å². The predicted molar refractivity (Wildman–Crippen MR) is 141 cm³/mol. The summed E-state index contributed by atoms with van der Waals surface area (Å²) in [5.41, 5.74) is 4.27. The van der Waals surface area contributed by atoms with Crippen molar-refractivity contribution in [1.82, 2.24) is 5.32 Å². The number of esters is 1. The van der Waals surface area contributed by atoms with Gasteiger partial charge in [0.15, 0.2) is 0 Å². The van der Waals surface area contributed by atoms with Crippen molar-refractivity contribution in [2.45, 2.75) is 18.4 Å². The van der Waals surface area contributed by atoms with E-state index in [0.717, 1.165) is 22.3 Å². The third-order valence-corrected chi connectivity index (χ3v) is 6.50. The lowest BCUT2D eigenvalue weighted by Crippen LogP contribution is -2.44. The highest BCUT2D eigenvalue weighted by Gasteiger charge is 2.30. The molecule has 0 bridgehead atoms. The number of hydrogen-bond acceptors (Lipinski definition) is 7. The number of benzene rings is 3. The van der Waals surface area contributed by atoms with Crippen LogP contribution >= 0.6 is 0 Å². The second-order valence-corrected chi connectivity index (χ2v) is 8.92. The summed E-state index contributed by atoms with van der Waals surface area (Å²) in [7, 11) is 0. The van der Waals surface area contributed by atoms with Crippen LogP contribution in [0, 0.1) is 0 Å². The molecule has 0 spiro atoms. The standard InChI is InChI=1S/C30H25NO7/c1-2-13-36-29(34)26(14-18-15-28(33)38-27-16-19(32)11-12-20(18)27)31-30(35)37-17-25-23-9-5-3-7-21(23)22-8-4-6-10-24(22)25/h2-12,15-16,25-26,32H,1,13-14,17H2,(H,31,35)/t26-/m0/s1. The van der Waals surface area contributed by atoms with E-state index in [-0.39, 0.29) is 36.9 Å². The Bertz CT molecular complexity index is 1540. The van der Waals surface area contributed by atoms with Gasteiger partial charge in [0.2, 0.25) is 0 Å². The van der Waals surface area contributed by atoms with Crippen LogP contribution in [0.2, 0.25) is 0 Å². The molecule has 3 aromatic carbocycles. The lowest BCUT2D eigenvalue weighted by atomic mass is 9.98. The molecule has 1 heterocycles. The summed E-state index contributed by atoms with van der Waals surface area (Å²) in [6.45, 7) is 3.57. The summed E-state index contributed by atoms with van der Waals surface area (Å²) in [6.07, 6.45) is 0.558. The molecule has 1 amide bonds. The van der Waals surface area contributed by atoms with Crippen LogP contribution in [-0.2, 0) is 20.7 Å². The number of aromatic hydroxyl groups is 1. The Hall–Kier alpha value is -4.85. The average molecular weight is 512 g/mol. The number of phenols is 1. The Balaban J connectivity index is 1.35. The maximum absolute atomic E-state index is 12.9. The predicted octanol–water partition coefficient (Wildman–Crippen LogP) is 4.68. The van der Waals surface area contributed by atoms with Crippen molar-refractivity contribution >= 4 is 23.0 Å². The Morgan fingerprint density at radius 3 is 2.37 bits per heavy atom. The first-order valence-electron chi connectivity index (χ1n) is 12.1. The number of carbonyl (C=O) groups excluding carboxylic acids is 2. The molecular formula is C30H25NO7. The number of rotatable bonds is 8. The van der Waals surface area contributed by atoms with Gasteiger partial charge in [-0.1, -0.05) is 61.2 Å². The third kappa shape index (κ3) is 5.01. The molecule has 2 N–H and O–H groups in total. The number of phenolic OH excluding ortho intramolecular Hbond substituents is 1. The molecular weight excluding hydrogens is 486 g/mol. The largest absolute Gasteiger partial charge is 0.508 e. The lowest BCUT2D eigenvalue weighted by Gasteiger charge is -2.19. The minimum absolute atomic E-state index is 0.0484. The zero-order chi connectivity index (χ0) is 26.6. The van der Waals surface area contributed by atoms with Gasteiger partial charge >= 0.3 is 17.7 Å². The van der Waals surface area contributed by atoms with Crippen LogP contribution in [0.1, 0.15) is 22.6 Å². The topological polar surface area (TPSA) is 115 Å². The summed E-state index contributed by atoms with van der Waals surface area (Å²) in [6, 6.07) is 20.4. The van der Waals surface area contributed by atoms with Crippen LogP contribution in [0.3, 0.4) is 0 Å². The molecule has 0 unspecified atom stereocenters. The molecule has 0 fully saturated rings. The highest BCUT2D eigenvalue weighted by molar-refractivity contribution is 5.85. The molecule has 0 saturated carbocycles. The van der Waals surface area contributed by atoms with Crippen LogP contribution in [0.5, 0.6) is 5.75 Å². The average Bonchev–Trinajstić information content (AvgIpc) is 3.23. The Labute approximate surface area is 218 Å². The van der Waals surface area contributed by atoms with E-state index in [1.807, 2.05) is 48.5 Å². The Kier molecular flexibility index (Phi) is 6.95. The van der Waals surface area contributed by atoms with Crippen LogP contribution in [-0.4, -0.2) is 36.4 Å². The summed E-state index contributed by atoms with van der Waals surface area (Å²) < 4.78 is 16.0. The molecule has 4 aromatic rings. The second-order valence-electron chi connectivity index (χ2n) is 8.92. The Morgan fingerprint density at radius 1 is 1.00 bits per heavy atom. The summed E-state index contributed by atoms with van der Waals surface area (Å²) in [4.78, 5) is 37.8. The summed E-state index contributed by atoms with van der Waals surface area (Å²) >= 11 is 0. The van der Waals surface area contributed by atoms with Crippen molar-refractivity contribution in [2.75, 3.05) is 13.2 Å². The number of nitrogens with one attached hydrogen (secondary N) is 1.